The van der Waals surface area contributed by atoms with Crippen molar-refractivity contribution in [2.24, 2.45) is 0 Å². The summed E-state index contributed by atoms with van der Waals surface area (Å²) >= 11 is 5.24. The number of ether oxygens (including phenoxy) is 1. The van der Waals surface area contributed by atoms with E-state index < -0.39 is 0 Å². The molecule has 25 heavy (non-hydrogen) atoms. The average molecular weight is 357 g/mol. The van der Waals surface area contributed by atoms with Crippen molar-refractivity contribution in [1.82, 2.24) is 14.8 Å². The summed E-state index contributed by atoms with van der Waals surface area (Å²) in [5.74, 6) is 0.852. The van der Waals surface area contributed by atoms with Gasteiger partial charge in [0.2, 0.25) is 5.95 Å². The minimum atomic E-state index is -0.277. The second-order valence-corrected chi connectivity index (χ2v) is 5.61. The van der Waals surface area contributed by atoms with Gasteiger partial charge in [-0.1, -0.05) is 12.1 Å². The number of halogens is 1. The second kappa shape index (κ2) is 7.71. The van der Waals surface area contributed by atoms with E-state index in [0.29, 0.717) is 17.6 Å². The van der Waals surface area contributed by atoms with Crippen molar-refractivity contribution in [3.8, 4) is 5.75 Å². The Balaban J connectivity index is 1.57. The van der Waals surface area contributed by atoms with Gasteiger partial charge in [-0.05, 0) is 54.2 Å². The van der Waals surface area contributed by atoms with Gasteiger partial charge in [0.25, 0.3) is 0 Å². The van der Waals surface area contributed by atoms with Crippen LogP contribution in [0.1, 0.15) is 5.56 Å². The lowest BCUT2D eigenvalue weighted by atomic mass is 10.2. The highest BCUT2D eigenvalue weighted by molar-refractivity contribution is 7.80. The zero-order valence-electron chi connectivity index (χ0n) is 13.4. The topological polar surface area (TPSA) is 64.0 Å². The molecule has 2 N–H and O–H groups in total. The number of benzene rings is 2. The molecule has 0 bridgehead atoms. The van der Waals surface area contributed by atoms with E-state index in [1.807, 2.05) is 30.3 Å². The van der Waals surface area contributed by atoms with E-state index in [2.05, 4.69) is 20.7 Å². The molecule has 0 radical (unpaired) electrons. The molecule has 3 aromatic rings. The maximum atomic E-state index is 13.2. The predicted octanol–water partition coefficient (Wildman–Crippen LogP) is 3.28. The quantitative estimate of drug-likeness (QED) is 0.683. The minimum Gasteiger partial charge on any atom is -0.497 e. The lowest BCUT2D eigenvalue weighted by Crippen LogP contribution is -2.20. The molecule has 0 atom stereocenters. The van der Waals surface area contributed by atoms with Crippen LogP contribution in [-0.4, -0.2) is 27.0 Å². The third kappa shape index (κ3) is 4.74. The number of thiocarbonyl (C=S) groups is 1. The van der Waals surface area contributed by atoms with E-state index in [4.69, 9.17) is 17.0 Å². The first kappa shape index (κ1) is 16.8. The van der Waals surface area contributed by atoms with Crippen LogP contribution in [0.4, 0.5) is 16.0 Å². The van der Waals surface area contributed by atoms with E-state index in [-0.39, 0.29) is 5.82 Å². The smallest absolute Gasteiger partial charge is 0.248 e. The zero-order valence-corrected chi connectivity index (χ0v) is 14.3. The molecule has 0 unspecified atom stereocenters. The molecule has 2 aromatic carbocycles. The average Bonchev–Trinajstić information content (AvgIpc) is 3.02. The molecular formula is C17H16FN5OS. The van der Waals surface area contributed by atoms with Crippen LogP contribution in [0.25, 0.3) is 0 Å². The van der Waals surface area contributed by atoms with Crippen molar-refractivity contribution in [3.63, 3.8) is 0 Å². The van der Waals surface area contributed by atoms with Gasteiger partial charge in [-0.15, -0.1) is 5.10 Å². The SMILES string of the molecule is COc1ccc(NC(=S)Nc2ncn(Cc3cccc(F)c3)n2)cc1. The Labute approximate surface area is 149 Å². The molecule has 0 saturated carbocycles. The summed E-state index contributed by atoms with van der Waals surface area (Å²) < 4.78 is 19.9. The van der Waals surface area contributed by atoms with Gasteiger partial charge < -0.3 is 10.1 Å². The number of nitrogens with zero attached hydrogens (tertiary/aromatic N) is 3. The van der Waals surface area contributed by atoms with Crippen LogP contribution in [0.5, 0.6) is 5.75 Å². The standard InChI is InChI=1S/C17H16FN5OS/c1-24-15-7-5-14(6-8-15)20-17(25)21-16-19-11-23(22-16)10-12-3-2-4-13(18)9-12/h2-9,11H,10H2,1H3,(H2,20,21,22,25). The van der Waals surface area contributed by atoms with Crippen LogP contribution < -0.4 is 15.4 Å². The number of aromatic nitrogens is 3. The molecule has 1 aromatic heterocycles. The highest BCUT2D eigenvalue weighted by Gasteiger charge is 2.05. The lowest BCUT2D eigenvalue weighted by Gasteiger charge is -2.08. The molecule has 1 heterocycles. The Morgan fingerprint density at radius 3 is 2.72 bits per heavy atom. The summed E-state index contributed by atoms with van der Waals surface area (Å²) in [6.45, 7) is 0.422. The zero-order chi connectivity index (χ0) is 17.6. The summed E-state index contributed by atoms with van der Waals surface area (Å²) in [6.07, 6.45) is 1.56. The molecule has 0 saturated heterocycles. The fourth-order valence-electron chi connectivity index (χ4n) is 2.19. The van der Waals surface area contributed by atoms with Crippen LogP contribution in [0.2, 0.25) is 0 Å². The first-order valence-corrected chi connectivity index (χ1v) is 7.89. The largest absolute Gasteiger partial charge is 0.497 e. The normalized spacial score (nSPS) is 10.3. The Morgan fingerprint density at radius 2 is 2.00 bits per heavy atom. The summed E-state index contributed by atoms with van der Waals surface area (Å²) in [4.78, 5) is 4.14. The highest BCUT2D eigenvalue weighted by atomic mass is 32.1. The number of hydrogen-bond acceptors (Lipinski definition) is 4. The van der Waals surface area contributed by atoms with Crippen LogP contribution in [0.15, 0.2) is 54.9 Å². The molecule has 8 heteroatoms. The highest BCUT2D eigenvalue weighted by Crippen LogP contribution is 2.15. The van der Waals surface area contributed by atoms with E-state index in [1.54, 1.807) is 24.2 Å². The number of methoxy groups -OCH3 is 1. The van der Waals surface area contributed by atoms with Crippen molar-refractivity contribution in [2.45, 2.75) is 6.54 Å². The minimum absolute atomic E-state index is 0.277. The number of hydrogen-bond donors (Lipinski definition) is 2. The number of rotatable bonds is 5. The molecule has 0 amide bonds. The first-order chi connectivity index (χ1) is 12.1. The van der Waals surface area contributed by atoms with E-state index in [0.717, 1.165) is 17.0 Å². The van der Waals surface area contributed by atoms with Gasteiger partial charge in [0, 0.05) is 5.69 Å². The Morgan fingerprint density at radius 1 is 1.20 bits per heavy atom. The van der Waals surface area contributed by atoms with Gasteiger partial charge >= 0.3 is 0 Å². The fourth-order valence-corrected chi connectivity index (χ4v) is 2.40. The van der Waals surface area contributed by atoms with Gasteiger partial charge in [0.15, 0.2) is 5.11 Å². The maximum Gasteiger partial charge on any atom is 0.248 e. The summed E-state index contributed by atoms with van der Waals surface area (Å²) in [5.41, 5.74) is 1.62. The van der Waals surface area contributed by atoms with Crippen LogP contribution in [0.3, 0.4) is 0 Å². The molecule has 0 aliphatic carbocycles. The fraction of sp³-hybridized carbons (Fsp3) is 0.118. The van der Waals surface area contributed by atoms with Crippen molar-refractivity contribution in [3.05, 3.63) is 66.2 Å². The van der Waals surface area contributed by atoms with Crippen molar-refractivity contribution in [2.75, 3.05) is 17.7 Å². The van der Waals surface area contributed by atoms with E-state index >= 15 is 0 Å². The summed E-state index contributed by atoms with van der Waals surface area (Å²) in [6, 6.07) is 13.7. The second-order valence-electron chi connectivity index (χ2n) is 5.20. The van der Waals surface area contributed by atoms with Gasteiger partial charge in [-0.3, -0.25) is 5.32 Å². The van der Waals surface area contributed by atoms with Gasteiger partial charge in [-0.25, -0.2) is 14.1 Å². The number of nitrogens with one attached hydrogen (secondary N) is 2. The maximum absolute atomic E-state index is 13.2. The predicted molar refractivity (Wildman–Crippen MR) is 98.4 cm³/mol. The third-order valence-corrected chi connectivity index (χ3v) is 3.55. The lowest BCUT2D eigenvalue weighted by molar-refractivity contribution is 0.415. The molecule has 6 nitrogen and oxygen atoms in total. The van der Waals surface area contributed by atoms with E-state index in [1.165, 1.54) is 12.1 Å². The number of anilines is 2. The van der Waals surface area contributed by atoms with Crippen LogP contribution >= 0.6 is 12.2 Å². The van der Waals surface area contributed by atoms with Crippen molar-refractivity contribution in [1.29, 1.82) is 0 Å². The monoisotopic (exact) mass is 357 g/mol. The molecule has 0 fully saturated rings. The van der Waals surface area contributed by atoms with Crippen molar-refractivity contribution < 1.29 is 9.13 Å². The Hall–Kier alpha value is -3.00. The summed E-state index contributed by atoms with van der Waals surface area (Å²) in [5, 5.41) is 10.6. The molecule has 128 valence electrons. The molecule has 3 rings (SSSR count). The molecule has 0 aliphatic heterocycles. The summed E-state index contributed by atoms with van der Waals surface area (Å²) in [7, 11) is 1.61. The Bertz CT molecular complexity index is 865. The van der Waals surface area contributed by atoms with Gasteiger partial charge in [0.05, 0.1) is 13.7 Å². The third-order valence-electron chi connectivity index (χ3n) is 3.34. The van der Waals surface area contributed by atoms with E-state index in [9.17, 15) is 4.39 Å². The van der Waals surface area contributed by atoms with Crippen molar-refractivity contribution >= 4 is 29.0 Å². The van der Waals surface area contributed by atoms with Gasteiger partial charge in [-0.2, -0.15) is 0 Å². The van der Waals surface area contributed by atoms with Crippen LogP contribution in [-0.2, 0) is 6.54 Å². The first-order valence-electron chi connectivity index (χ1n) is 7.48. The molecule has 0 spiro atoms. The van der Waals surface area contributed by atoms with Gasteiger partial charge in [0.1, 0.15) is 17.9 Å². The molecule has 0 aliphatic rings. The Kier molecular flexibility index (Phi) is 5.20. The molecular weight excluding hydrogens is 341 g/mol. The van der Waals surface area contributed by atoms with Crippen LogP contribution in [0, 0.1) is 5.82 Å².